The van der Waals surface area contributed by atoms with Gasteiger partial charge in [-0.2, -0.15) is 0 Å². The number of halogens is 1. The standard InChI is InChI=1S/C13H14BrN/c1-10-2-4-11(5-3-10)8-13-7-6-12(14)9-15-13/h2-7,15H,8-9H2,1H3. The number of nitrogens with one attached hydrogen (secondary N) is 1. The lowest BCUT2D eigenvalue weighted by molar-refractivity contribution is 0.841. The van der Waals surface area contributed by atoms with Crippen molar-refractivity contribution in [3.05, 3.63) is 57.7 Å². The molecule has 0 aliphatic carbocycles. The highest BCUT2D eigenvalue weighted by Crippen LogP contribution is 2.14. The Balaban J connectivity index is 2.06. The van der Waals surface area contributed by atoms with Crippen molar-refractivity contribution in [1.82, 2.24) is 5.32 Å². The van der Waals surface area contributed by atoms with Crippen molar-refractivity contribution in [2.45, 2.75) is 13.3 Å². The van der Waals surface area contributed by atoms with Crippen molar-refractivity contribution in [3.8, 4) is 0 Å². The third-order valence-corrected chi connectivity index (χ3v) is 3.01. The highest BCUT2D eigenvalue weighted by atomic mass is 79.9. The summed E-state index contributed by atoms with van der Waals surface area (Å²) < 4.78 is 1.20. The number of hydrogen-bond acceptors (Lipinski definition) is 1. The van der Waals surface area contributed by atoms with Gasteiger partial charge in [0.05, 0.1) is 0 Å². The Morgan fingerprint density at radius 3 is 2.53 bits per heavy atom. The average molecular weight is 264 g/mol. The summed E-state index contributed by atoms with van der Waals surface area (Å²) in [4.78, 5) is 0. The first-order valence-corrected chi connectivity index (χ1v) is 5.88. The van der Waals surface area contributed by atoms with E-state index in [2.05, 4.69) is 64.6 Å². The van der Waals surface area contributed by atoms with E-state index in [-0.39, 0.29) is 0 Å². The summed E-state index contributed by atoms with van der Waals surface area (Å²) >= 11 is 3.46. The van der Waals surface area contributed by atoms with E-state index in [1.54, 1.807) is 0 Å². The maximum Gasteiger partial charge on any atom is 0.0463 e. The first-order valence-electron chi connectivity index (χ1n) is 5.09. The molecule has 0 saturated heterocycles. The molecule has 1 aliphatic heterocycles. The van der Waals surface area contributed by atoms with Crippen LogP contribution in [0.15, 0.2) is 46.6 Å². The van der Waals surface area contributed by atoms with Crippen LogP contribution in [0.1, 0.15) is 11.1 Å². The topological polar surface area (TPSA) is 12.0 Å². The van der Waals surface area contributed by atoms with Gasteiger partial charge in [-0.15, -0.1) is 0 Å². The van der Waals surface area contributed by atoms with Crippen LogP contribution in [-0.4, -0.2) is 6.54 Å². The monoisotopic (exact) mass is 263 g/mol. The highest BCUT2D eigenvalue weighted by Gasteiger charge is 2.03. The van der Waals surface area contributed by atoms with Crippen LogP contribution in [0.25, 0.3) is 0 Å². The molecule has 2 rings (SSSR count). The average Bonchev–Trinajstić information content (AvgIpc) is 2.25. The van der Waals surface area contributed by atoms with Gasteiger partial charge in [-0.3, -0.25) is 0 Å². The van der Waals surface area contributed by atoms with E-state index in [9.17, 15) is 0 Å². The molecule has 0 bridgehead atoms. The van der Waals surface area contributed by atoms with Gasteiger partial charge in [0.25, 0.3) is 0 Å². The predicted molar refractivity (Wildman–Crippen MR) is 68.0 cm³/mol. The molecule has 0 radical (unpaired) electrons. The Bertz CT molecular complexity index is 401. The van der Waals surface area contributed by atoms with Crippen molar-refractivity contribution in [2.24, 2.45) is 0 Å². The summed E-state index contributed by atoms with van der Waals surface area (Å²) in [6.07, 6.45) is 5.23. The molecule has 1 N–H and O–H groups in total. The molecule has 0 unspecified atom stereocenters. The lowest BCUT2D eigenvalue weighted by Crippen LogP contribution is -2.19. The highest BCUT2D eigenvalue weighted by molar-refractivity contribution is 9.11. The largest absolute Gasteiger partial charge is 0.383 e. The first-order chi connectivity index (χ1) is 7.24. The number of dihydropyridines is 1. The molecule has 0 spiro atoms. The molecule has 2 heteroatoms. The Hall–Kier alpha value is -1.02. The van der Waals surface area contributed by atoms with Crippen molar-refractivity contribution < 1.29 is 0 Å². The molecule has 1 aromatic rings. The SMILES string of the molecule is Cc1ccc(CC2=CC=C(Br)CN2)cc1. The molecule has 78 valence electrons. The zero-order chi connectivity index (χ0) is 10.7. The molecule has 0 saturated carbocycles. The van der Waals surface area contributed by atoms with Gasteiger partial charge in [-0.05, 0) is 24.6 Å². The molecule has 0 atom stereocenters. The first kappa shape index (κ1) is 10.5. The van der Waals surface area contributed by atoms with Crippen molar-refractivity contribution in [1.29, 1.82) is 0 Å². The minimum absolute atomic E-state index is 0.900. The van der Waals surface area contributed by atoms with Crippen LogP contribution in [0.3, 0.4) is 0 Å². The van der Waals surface area contributed by atoms with Crippen LogP contribution >= 0.6 is 15.9 Å². The van der Waals surface area contributed by atoms with Crippen LogP contribution in [0.4, 0.5) is 0 Å². The van der Waals surface area contributed by atoms with Crippen LogP contribution < -0.4 is 5.32 Å². The minimum Gasteiger partial charge on any atom is -0.383 e. The third-order valence-electron chi connectivity index (χ3n) is 2.46. The minimum atomic E-state index is 0.900. The summed E-state index contributed by atoms with van der Waals surface area (Å²) in [5.74, 6) is 0. The Labute approximate surface area is 99.0 Å². The predicted octanol–water partition coefficient (Wildman–Crippen LogP) is 3.30. The number of hydrogen-bond donors (Lipinski definition) is 1. The van der Waals surface area contributed by atoms with E-state index in [1.807, 2.05) is 0 Å². The van der Waals surface area contributed by atoms with E-state index in [4.69, 9.17) is 0 Å². The molecule has 0 fully saturated rings. The van der Waals surface area contributed by atoms with Crippen LogP contribution in [0.5, 0.6) is 0 Å². The summed E-state index contributed by atoms with van der Waals surface area (Å²) in [5, 5.41) is 3.38. The summed E-state index contributed by atoms with van der Waals surface area (Å²) in [6.45, 7) is 3.01. The number of allylic oxidation sites excluding steroid dienone is 3. The van der Waals surface area contributed by atoms with E-state index in [1.165, 1.54) is 21.3 Å². The summed E-state index contributed by atoms with van der Waals surface area (Å²) in [7, 11) is 0. The molecule has 15 heavy (non-hydrogen) atoms. The molecule has 0 amide bonds. The van der Waals surface area contributed by atoms with Gasteiger partial charge in [0.15, 0.2) is 0 Å². The summed E-state index contributed by atoms with van der Waals surface area (Å²) in [6, 6.07) is 8.69. The Morgan fingerprint density at radius 1 is 1.20 bits per heavy atom. The molecular weight excluding hydrogens is 250 g/mol. The van der Waals surface area contributed by atoms with E-state index < -0.39 is 0 Å². The van der Waals surface area contributed by atoms with Crippen molar-refractivity contribution in [2.75, 3.05) is 6.54 Å². The molecule has 1 aliphatic rings. The number of benzene rings is 1. The molecular formula is C13H14BrN. The zero-order valence-corrected chi connectivity index (χ0v) is 10.3. The Morgan fingerprint density at radius 2 is 1.93 bits per heavy atom. The van der Waals surface area contributed by atoms with Gasteiger partial charge in [-0.1, -0.05) is 45.8 Å². The number of aryl methyl sites for hydroxylation is 1. The molecule has 0 aromatic heterocycles. The van der Waals surface area contributed by atoms with E-state index >= 15 is 0 Å². The maximum absolute atomic E-state index is 3.46. The van der Waals surface area contributed by atoms with E-state index in [0.717, 1.165) is 13.0 Å². The number of rotatable bonds is 2. The second kappa shape index (κ2) is 4.67. The maximum atomic E-state index is 3.46. The van der Waals surface area contributed by atoms with Gasteiger partial charge in [0.1, 0.15) is 0 Å². The lowest BCUT2D eigenvalue weighted by atomic mass is 10.1. The van der Waals surface area contributed by atoms with Crippen molar-refractivity contribution in [3.63, 3.8) is 0 Å². The summed E-state index contributed by atoms with van der Waals surface area (Å²) in [5.41, 5.74) is 3.94. The zero-order valence-electron chi connectivity index (χ0n) is 8.76. The molecule has 1 aromatic carbocycles. The van der Waals surface area contributed by atoms with Crippen molar-refractivity contribution >= 4 is 15.9 Å². The molecule has 1 nitrogen and oxygen atoms in total. The van der Waals surface area contributed by atoms with Crippen LogP contribution in [0.2, 0.25) is 0 Å². The lowest BCUT2D eigenvalue weighted by Gasteiger charge is -2.14. The van der Waals surface area contributed by atoms with Crippen LogP contribution in [-0.2, 0) is 6.42 Å². The smallest absolute Gasteiger partial charge is 0.0463 e. The normalized spacial score (nSPS) is 15.3. The fraction of sp³-hybridized carbons (Fsp3) is 0.231. The molecule has 1 heterocycles. The Kier molecular flexibility index (Phi) is 3.27. The van der Waals surface area contributed by atoms with Gasteiger partial charge in [-0.25, -0.2) is 0 Å². The van der Waals surface area contributed by atoms with Crippen LogP contribution in [0, 0.1) is 6.92 Å². The fourth-order valence-corrected chi connectivity index (χ4v) is 1.83. The fourth-order valence-electron chi connectivity index (χ4n) is 1.55. The second-order valence-electron chi connectivity index (χ2n) is 3.82. The van der Waals surface area contributed by atoms with Gasteiger partial charge < -0.3 is 5.32 Å². The van der Waals surface area contributed by atoms with Gasteiger partial charge >= 0.3 is 0 Å². The van der Waals surface area contributed by atoms with Gasteiger partial charge in [0.2, 0.25) is 0 Å². The second-order valence-corrected chi connectivity index (χ2v) is 4.84. The van der Waals surface area contributed by atoms with Gasteiger partial charge in [0, 0.05) is 23.1 Å². The van der Waals surface area contributed by atoms with E-state index in [0.29, 0.717) is 0 Å². The quantitative estimate of drug-likeness (QED) is 0.864. The third kappa shape index (κ3) is 2.96.